The van der Waals surface area contributed by atoms with Gasteiger partial charge in [0, 0.05) is 12.6 Å². The maximum absolute atomic E-state index is 12.2. The standard InChI is InChI=1S/C16H29N3O/c20-16(17-8-5-11-19-9-3-4-10-19)15-12-13-6-1-2-7-14(13)18-15/h13-15,18H,1-12H2,(H,17,20). The second-order valence-corrected chi connectivity index (χ2v) is 6.80. The lowest BCUT2D eigenvalue weighted by Gasteiger charge is -2.24. The molecule has 3 atom stereocenters. The van der Waals surface area contributed by atoms with Gasteiger partial charge in [-0.05, 0) is 64.1 Å². The minimum absolute atomic E-state index is 0.0786. The van der Waals surface area contributed by atoms with Gasteiger partial charge in [0.25, 0.3) is 0 Å². The lowest BCUT2D eigenvalue weighted by Crippen LogP contribution is -2.43. The number of fused-ring (bicyclic) bond motifs is 1. The maximum atomic E-state index is 12.2. The summed E-state index contributed by atoms with van der Waals surface area (Å²) in [5, 5.41) is 6.68. The first kappa shape index (κ1) is 14.3. The van der Waals surface area contributed by atoms with Crippen LogP contribution in [-0.4, -0.2) is 49.1 Å². The van der Waals surface area contributed by atoms with Crippen LogP contribution < -0.4 is 10.6 Å². The van der Waals surface area contributed by atoms with Crippen molar-refractivity contribution >= 4 is 5.91 Å². The molecule has 20 heavy (non-hydrogen) atoms. The molecule has 0 bridgehead atoms. The summed E-state index contributed by atoms with van der Waals surface area (Å²) < 4.78 is 0. The van der Waals surface area contributed by atoms with Crippen molar-refractivity contribution in [2.75, 3.05) is 26.2 Å². The lowest BCUT2D eigenvalue weighted by molar-refractivity contribution is -0.122. The molecule has 0 spiro atoms. The molecule has 1 aliphatic carbocycles. The molecule has 2 aliphatic heterocycles. The van der Waals surface area contributed by atoms with Gasteiger partial charge in [0.05, 0.1) is 6.04 Å². The van der Waals surface area contributed by atoms with Gasteiger partial charge in [0.15, 0.2) is 0 Å². The van der Waals surface area contributed by atoms with Gasteiger partial charge in [-0.1, -0.05) is 12.8 Å². The fourth-order valence-corrected chi connectivity index (χ4v) is 4.16. The molecule has 4 heteroatoms. The molecule has 1 saturated carbocycles. The summed E-state index contributed by atoms with van der Waals surface area (Å²) in [6, 6.07) is 0.694. The SMILES string of the molecule is O=C(NCCCN1CCCC1)C1CC2CCCCC2N1. The highest BCUT2D eigenvalue weighted by Gasteiger charge is 2.37. The number of rotatable bonds is 5. The molecular formula is C16H29N3O. The summed E-state index contributed by atoms with van der Waals surface area (Å²) in [5.41, 5.74) is 0. The van der Waals surface area contributed by atoms with E-state index in [0.717, 1.165) is 31.8 Å². The summed E-state index contributed by atoms with van der Waals surface area (Å²) in [7, 11) is 0. The Balaban J connectivity index is 1.32. The normalized spacial score (nSPS) is 34.1. The Morgan fingerprint density at radius 1 is 1.15 bits per heavy atom. The Morgan fingerprint density at radius 2 is 1.95 bits per heavy atom. The van der Waals surface area contributed by atoms with Crippen molar-refractivity contribution in [3.05, 3.63) is 0 Å². The summed E-state index contributed by atoms with van der Waals surface area (Å²) in [6.07, 6.45) is 10.1. The highest BCUT2D eigenvalue weighted by molar-refractivity contribution is 5.82. The minimum atomic E-state index is 0.0786. The Bertz CT molecular complexity index is 314. The van der Waals surface area contributed by atoms with E-state index in [0.29, 0.717) is 6.04 Å². The molecule has 2 N–H and O–H groups in total. The van der Waals surface area contributed by atoms with Crippen molar-refractivity contribution in [1.82, 2.24) is 15.5 Å². The van der Waals surface area contributed by atoms with E-state index in [1.54, 1.807) is 0 Å². The topological polar surface area (TPSA) is 44.4 Å². The molecule has 0 radical (unpaired) electrons. The van der Waals surface area contributed by atoms with Crippen LogP contribution in [-0.2, 0) is 4.79 Å². The van der Waals surface area contributed by atoms with Gasteiger partial charge >= 0.3 is 0 Å². The summed E-state index contributed by atoms with van der Waals surface area (Å²) in [5.74, 6) is 0.991. The molecule has 3 rings (SSSR count). The number of nitrogens with one attached hydrogen (secondary N) is 2. The summed E-state index contributed by atoms with van der Waals surface area (Å²) in [4.78, 5) is 14.7. The van der Waals surface area contributed by atoms with Gasteiger partial charge in [0.1, 0.15) is 0 Å². The molecule has 3 unspecified atom stereocenters. The number of likely N-dealkylation sites (tertiary alicyclic amines) is 1. The van der Waals surface area contributed by atoms with Crippen LogP contribution in [0.4, 0.5) is 0 Å². The Morgan fingerprint density at radius 3 is 2.75 bits per heavy atom. The number of carbonyl (C=O) groups excluding carboxylic acids is 1. The zero-order valence-electron chi connectivity index (χ0n) is 12.6. The Hall–Kier alpha value is -0.610. The molecule has 2 saturated heterocycles. The van der Waals surface area contributed by atoms with E-state index >= 15 is 0 Å². The van der Waals surface area contributed by atoms with E-state index in [9.17, 15) is 4.79 Å². The number of hydrogen-bond donors (Lipinski definition) is 2. The van der Waals surface area contributed by atoms with E-state index in [1.165, 1.54) is 51.6 Å². The minimum Gasteiger partial charge on any atom is -0.355 e. The second-order valence-electron chi connectivity index (χ2n) is 6.80. The van der Waals surface area contributed by atoms with Crippen molar-refractivity contribution in [2.24, 2.45) is 5.92 Å². The van der Waals surface area contributed by atoms with Gasteiger partial charge in [-0.3, -0.25) is 4.79 Å². The molecular weight excluding hydrogens is 250 g/mol. The van der Waals surface area contributed by atoms with Crippen LogP contribution in [0.15, 0.2) is 0 Å². The number of carbonyl (C=O) groups is 1. The number of hydrogen-bond acceptors (Lipinski definition) is 3. The van der Waals surface area contributed by atoms with Crippen LogP contribution in [0.1, 0.15) is 51.4 Å². The zero-order valence-corrected chi connectivity index (χ0v) is 12.6. The molecule has 2 heterocycles. The molecule has 114 valence electrons. The van der Waals surface area contributed by atoms with Crippen molar-refractivity contribution in [2.45, 2.75) is 63.5 Å². The van der Waals surface area contributed by atoms with Crippen molar-refractivity contribution in [3.63, 3.8) is 0 Å². The second kappa shape index (κ2) is 6.90. The van der Waals surface area contributed by atoms with Gasteiger partial charge in [-0.2, -0.15) is 0 Å². The lowest BCUT2D eigenvalue weighted by atomic mass is 9.85. The van der Waals surface area contributed by atoms with E-state index < -0.39 is 0 Å². The first-order valence-electron chi connectivity index (χ1n) is 8.59. The molecule has 0 aromatic rings. The highest BCUT2D eigenvalue weighted by Crippen LogP contribution is 2.33. The highest BCUT2D eigenvalue weighted by atomic mass is 16.2. The molecule has 0 aromatic carbocycles. The van der Waals surface area contributed by atoms with E-state index in [1.807, 2.05) is 0 Å². The summed E-state index contributed by atoms with van der Waals surface area (Å²) >= 11 is 0. The maximum Gasteiger partial charge on any atom is 0.237 e. The van der Waals surface area contributed by atoms with E-state index in [2.05, 4.69) is 15.5 Å². The number of nitrogens with zero attached hydrogens (tertiary/aromatic N) is 1. The van der Waals surface area contributed by atoms with Crippen LogP contribution >= 0.6 is 0 Å². The average molecular weight is 279 g/mol. The smallest absolute Gasteiger partial charge is 0.237 e. The van der Waals surface area contributed by atoms with Crippen LogP contribution in [0.25, 0.3) is 0 Å². The van der Waals surface area contributed by atoms with Gasteiger partial charge in [0.2, 0.25) is 5.91 Å². The monoisotopic (exact) mass is 279 g/mol. The average Bonchev–Trinajstić information content (AvgIpc) is 3.12. The van der Waals surface area contributed by atoms with E-state index in [4.69, 9.17) is 0 Å². The predicted molar refractivity (Wildman–Crippen MR) is 80.6 cm³/mol. The molecule has 3 aliphatic rings. The van der Waals surface area contributed by atoms with Crippen LogP contribution in [0.2, 0.25) is 0 Å². The third kappa shape index (κ3) is 3.53. The first-order chi connectivity index (χ1) is 9.83. The van der Waals surface area contributed by atoms with Crippen molar-refractivity contribution < 1.29 is 4.79 Å². The van der Waals surface area contributed by atoms with Gasteiger partial charge in [-0.25, -0.2) is 0 Å². The van der Waals surface area contributed by atoms with Crippen LogP contribution in [0.3, 0.4) is 0 Å². The van der Waals surface area contributed by atoms with Gasteiger partial charge in [-0.15, -0.1) is 0 Å². The molecule has 3 fully saturated rings. The molecule has 1 amide bonds. The van der Waals surface area contributed by atoms with Crippen LogP contribution in [0, 0.1) is 5.92 Å². The number of amides is 1. The molecule has 0 aromatic heterocycles. The summed E-state index contributed by atoms with van der Waals surface area (Å²) in [6.45, 7) is 4.48. The third-order valence-corrected chi connectivity index (χ3v) is 5.33. The van der Waals surface area contributed by atoms with Gasteiger partial charge < -0.3 is 15.5 Å². The fraction of sp³-hybridized carbons (Fsp3) is 0.938. The van der Waals surface area contributed by atoms with Crippen molar-refractivity contribution in [3.8, 4) is 0 Å². The third-order valence-electron chi connectivity index (χ3n) is 5.33. The van der Waals surface area contributed by atoms with Crippen LogP contribution in [0.5, 0.6) is 0 Å². The Kier molecular flexibility index (Phi) is 4.94. The Labute approximate surface area is 122 Å². The fourth-order valence-electron chi connectivity index (χ4n) is 4.16. The largest absolute Gasteiger partial charge is 0.355 e. The quantitative estimate of drug-likeness (QED) is 0.750. The first-order valence-corrected chi connectivity index (χ1v) is 8.59. The molecule has 4 nitrogen and oxygen atoms in total. The predicted octanol–water partition coefficient (Wildman–Crippen LogP) is 1.51. The van der Waals surface area contributed by atoms with Crippen molar-refractivity contribution in [1.29, 1.82) is 0 Å². The van der Waals surface area contributed by atoms with E-state index in [-0.39, 0.29) is 11.9 Å². The zero-order chi connectivity index (χ0) is 13.8.